The fourth-order valence-corrected chi connectivity index (χ4v) is 1.64. The molecule has 1 rings (SSSR count). The number of hydrogen-bond acceptors (Lipinski definition) is 2. The molecular formula is C6H8ClNO2S. The summed E-state index contributed by atoms with van der Waals surface area (Å²) < 4.78 is 21.5. The quantitative estimate of drug-likeness (QED) is 0.668. The SMILES string of the molecule is NS(=O)(=O)[C@@H]1C=CC(Cl)=CC1. The van der Waals surface area contributed by atoms with Gasteiger partial charge >= 0.3 is 0 Å². The molecule has 1 atom stereocenters. The molecule has 62 valence electrons. The molecule has 1 aliphatic rings. The van der Waals surface area contributed by atoms with E-state index in [9.17, 15) is 8.42 Å². The third-order valence-electron chi connectivity index (χ3n) is 1.44. The standard InChI is InChI=1S/C6H8ClNO2S/c7-5-1-3-6(4-2-5)11(8,9)10/h1-3,6H,4H2,(H2,8,9,10)/t6-/m1/s1. The van der Waals surface area contributed by atoms with Crippen molar-refractivity contribution in [3.8, 4) is 0 Å². The van der Waals surface area contributed by atoms with Crippen LogP contribution in [0.15, 0.2) is 23.3 Å². The Morgan fingerprint density at radius 1 is 1.64 bits per heavy atom. The predicted octanol–water partition coefficient (Wildman–Crippen LogP) is 0.726. The van der Waals surface area contributed by atoms with Gasteiger partial charge in [-0.2, -0.15) is 0 Å². The predicted molar refractivity (Wildman–Crippen MR) is 44.6 cm³/mol. The highest BCUT2D eigenvalue weighted by atomic mass is 35.5. The third-order valence-corrected chi connectivity index (χ3v) is 2.91. The molecule has 5 heteroatoms. The van der Waals surface area contributed by atoms with Crippen LogP contribution in [0.5, 0.6) is 0 Å². The van der Waals surface area contributed by atoms with Crippen LogP contribution in [-0.2, 0) is 10.0 Å². The fraction of sp³-hybridized carbons (Fsp3) is 0.333. The molecule has 2 N–H and O–H groups in total. The highest BCUT2D eigenvalue weighted by Gasteiger charge is 2.18. The highest BCUT2D eigenvalue weighted by molar-refractivity contribution is 7.89. The van der Waals surface area contributed by atoms with E-state index in [0.717, 1.165) is 0 Å². The summed E-state index contributed by atoms with van der Waals surface area (Å²) in [6.07, 6.45) is 5.04. The van der Waals surface area contributed by atoms with Crippen molar-refractivity contribution in [3.63, 3.8) is 0 Å². The van der Waals surface area contributed by atoms with Crippen molar-refractivity contribution in [2.24, 2.45) is 5.14 Å². The second-order valence-electron chi connectivity index (χ2n) is 2.31. The van der Waals surface area contributed by atoms with Gasteiger partial charge in [0.1, 0.15) is 0 Å². The molecule has 0 spiro atoms. The summed E-state index contributed by atoms with van der Waals surface area (Å²) in [5.41, 5.74) is 0. The van der Waals surface area contributed by atoms with Gasteiger partial charge in [0.05, 0.1) is 5.25 Å². The second kappa shape index (κ2) is 2.97. The van der Waals surface area contributed by atoms with E-state index in [0.29, 0.717) is 11.5 Å². The van der Waals surface area contributed by atoms with E-state index in [1.807, 2.05) is 0 Å². The van der Waals surface area contributed by atoms with Gasteiger partial charge in [-0.05, 0) is 12.5 Å². The van der Waals surface area contributed by atoms with Crippen molar-refractivity contribution >= 4 is 21.6 Å². The number of rotatable bonds is 1. The number of sulfonamides is 1. The first kappa shape index (κ1) is 8.77. The van der Waals surface area contributed by atoms with Gasteiger partial charge in [-0.15, -0.1) is 0 Å². The maximum Gasteiger partial charge on any atom is 0.215 e. The third kappa shape index (κ3) is 2.32. The summed E-state index contributed by atoms with van der Waals surface area (Å²) in [5, 5.41) is 4.86. The first-order chi connectivity index (χ1) is 5.00. The molecule has 11 heavy (non-hydrogen) atoms. The Morgan fingerprint density at radius 2 is 2.27 bits per heavy atom. The normalized spacial score (nSPS) is 24.9. The van der Waals surface area contributed by atoms with Crippen LogP contribution in [0.2, 0.25) is 0 Å². The molecular weight excluding hydrogens is 186 g/mol. The average molecular weight is 194 g/mol. The molecule has 0 aromatic rings. The minimum Gasteiger partial charge on any atom is -0.228 e. The van der Waals surface area contributed by atoms with E-state index < -0.39 is 15.3 Å². The van der Waals surface area contributed by atoms with Gasteiger partial charge < -0.3 is 0 Å². The maximum atomic E-state index is 10.7. The molecule has 0 saturated carbocycles. The van der Waals surface area contributed by atoms with Gasteiger partial charge in [0, 0.05) is 5.03 Å². The first-order valence-electron chi connectivity index (χ1n) is 3.05. The van der Waals surface area contributed by atoms with Crippen LogP contribution in [0.1, 0.15) is 6.42 Å². The van der Waals surface area contributed by atoms with E-state index in [4.69, 9.17) is 16.7 Å². The molecule has 0 aromatic heterocycles. The van der Waals surface area contributed by atoms with Gasteiger partial charge in [-0.1, -0.05) is 23.8 Å². The molecule has 1 aliphatic carbocycles. The van der Waals surface area contributed by atoms with Gasteiger partial charge in [-0.3, -0.25) is 0 Å². The van der Waals surface area contributed by atoms with E-state index in [-0.39, 0.29) is 0 Å². The van der Waals surface area contributed by atoms with Crippen molar-refractivity contribution in [2.75, 3.05) is 0 Å². The summed E-state index contributed by atoms with van der Waals surface area (Å²) >= 11 is 5.57. The Hall–Kier alpha value is -0.320. The van der Waals surface area contributed by atoms with Crippen LogP contribution >= 0.6 is 11.6 Å². The lowest BCUT2D eigenvalue weighted by Gasteiger charge is -2.10. The number of primary sulfonamides is 1. The lowest BCUT2D eigenvalue weighted by Crippen LogP contribution is -2.27. The zero-order valence-corrected chi connectivity index (χ0v) is 7.27. The molecule has 0 amide bonds. The van der Waals surface area contributed by atoms with Crippen LogP contribution in [0.25, 0.3) is 0 Å². The van der Waals surface area contributed by atoms with Gasteiger partial charge in [0.25, 0.3) is 0 Å². The molecule has 0 aromatic carbocycles. The molecule has 0 unspecified atom stereocenters. The largest absolute Gasteiger partial charge is 0.228 e. The van der Waals surface area contributed by atoms with Crippen LogP contribution in [0.3, 0.4) is 0 Å². The second-order valence-corrected chi connectivity index (χ2v) is 4.53. The van der Waals surface area contributed by atoms with Crippen molar-refractivity contribution < 1.29 is 8.42 Å². The zero-order chi connectivity index (χ0) is 8.48. The Kier molecular flexibility index (Phi) is 2.37. The first-order valence-corrected chi connectivity index (χ1v) is 5.04. The van der Waals surface area contributed by atoms with Crippen LogP contribution in [0, 0.1) is 0 Å². The molecule has 0 bridgehead atoms. The van der Waals surface area contributed by atoms with Crippen molar-refractivity contribution in [1.29, 1.82) is 0 Å². The van der Waals surface area contributed by atoms with Crippen molar-refractivity contribution in [1.82, 2.24) is 0 Å². The zero-order valence-electron chi connectivity index (χ0n) is 5.70. The van der Waals surface area contributed by atoms with Crippen LogP contribution < -0.4 is 5.14 Å². The summed E-state index contributed by atoms with van der Waals surface area (Å²) in [5.74, 6) is 0. The monoisotopic (exact) mass is 193 g/mol. The molecule has 0 aliphatic heterocycles. The molecule has 0 radical (unpaired) electrons. The molecule has 3 nitrogen and oxygen atoms in total. The fourth-order valence-electron chi connectivity index (χ4n) is 0.818. The van der Waals surface area contributed by atoms with Crippen molar-refractivity contribution in [2.45, 2.75) is 11.7 Å². The van der Waals surface area contributed by atoms with Crippen LogP contribution in [0.4, 0.5) is 0 Å². The van der Waals surface area contributed by atoms with E-state index in [2.05, 4.69) is 0 Å². The Bertz CT molecular complexity index is 305. The number of hydrogen-bond donors (Lipinski definition) is 1. The number of nitrogens with two attached hydrogens (primary N) is 1. The molecule has 0 heterocycles. The maximum absolute atomic E-state index is 10.7. The Balaban J connectivity index is 2.79. The topological polar surface area (TPSA) is 60.2 Å². The van der Waals surface area contributed by atoms with Gasteiger partial charge in [-0.25, -0.2) is 13.6 Å². The molecule has 0 fully saturated rings. The Labute approximate surface area is 70.6 Å². The van der Waals surface area contributed by atoms with E-state index in [1.165, 1.54) is 6.08 Å². The number of allylic oxidation sites excluding steroid dienone is 3. The summed E-state index contributed by atoms with van der Waals surface area (Å²) in [4.78, 5) is 0. The minimum absolute atomic E-state index is 0.369. The van der Waals surface area contributed by atoms with Crippen LogP contribution in [-0.4, -0.2) is 13.7 Å². The van der Waals surface area contributed by atoms with Crippen molar-refractivity contribution in [3.05, 3.63) is 23.3 Å². The summed E-state index contributed by atoms with van der Waals surface area (Å²) in [7, 11) is -3.44. The van der Waals surface area contributed by atoms with E-state index in [1.54, 1.807) is 12.2 Å². The smallest absolute Gasteiger partial charge is 0.215 e. The summed E-state index contributed by atoms with van der Waals surface area (Å²) in [6, 6.07) is 0. The lowest BCUT2D eigenvalue weighted by atomic mass is 10.2. The van der Waals surface area contributed by atoms with Gasteiger partial charge in [0.2, 0.25) is 10.0 Å². The summed E-state index contributed by atoms with van der Waals surface area (Å²) in [6.45, 7) is 0. The number of halogens is 1. The average Bonchev–Trinajstić information content (AvgIpc) is 1.86. The van der Waals surface area contributed by atoms with Gasteiger partial charge in [0.15, 0.2) is 0 Å². The lowest BCUT2D eigenvalue weighted by molar-refractivity contribution is 0.590. The highest BCUT2D eigenvalue weighted by Crippen LogP contribution is 2.17. The Morgan fingerprint density at radius 3 is 2.64 bits per heavy atom. The van der Waals surface area contributed by atoms with E-state index >= 15 is 0 Å². The molecule has 0 saturated heterocycles. The minimum atomic E-state index is -3.44.